The Kier molecular flexibility index (Phi) is 5.56. The molecular weight excluding hydrogens is 630 g/mol. The molecule has 4 aromatic rings. The van der Waals surface area contributed by atoms with Crippen LogP contribution in [-0.2, 0) is 0 Å². The lowest BCUT2D eigenvalue weighted by Gasteiger charge is -1.96. The number of hydrogen-bond acceptors (Lipinski definition) is 4. The lowest BCUT2D eigenvalue weighted by atomic mass is 10.6. The first kappa shape index (κ1) is 17.5. The van der Waals surface area contributed by atoms with Crippen LogP contribution in [0, 0.1) is 3.70 Å². The van der Waals surface area contributed by atoms with Gasteiger partial charge >= 0.3 is 0 Å². The van der Waals surface area contributed by atoms with Crippen molar-refractivity contribution in [1.82, 2.24) is 29.2 Å². The number of halogens is 5. The van der Waals surface area contributed by atoms with E-state index in [0.29, 0.717) is 5.15 Å². The van der Waals surface area contributed by atoms with Crippen molar-refractivity contribution in [2.45, 2.75) is 0 Å². The van der Waals surface area contributed by atoms with E-state index in [-0.39, 0.29) is 0 Å². The Hall–Kier alpha value is -0.300. The molecule has 23 heavy (non-hydrogen) atoms. The molecule has 6 nitrogen and oxygen atoms in total. The summed E-state index contributed by atoms with van der Waals surface area (Å²) in [5.74, 6) is 0. The highest BCUT2D eigenvalue weighted by Crippen LogP contribution is 2.21. The van der Waals surface area contributed by atoms with Gasteiger partial charge in [-0.25, -0.2) is 19.0 Å². The van der Waals surface area contributed by atoms with Gasteiger partial charge in [-0.15, -0.1) is 0 Å². The van der Waals surface area contributed by atoms with Gasteiger partial charge in [0.25, 0.3) is 0 Å². The predicted molar refractivity (Wildman–Crippen MR) is 107 cm³/mol. The molecule has 0 aliphatic heterocycles. The fourth-order valence-corrected chi connectivity index (χ4v) is 4.21. The minimum atomic E-state index is 0.449. The summed E-state index contributed by atoms with van der Waals surface area (Å²) < 4.78 is 6.90. The maximum atomic E-state index is 5.76. The minimum absolute atomic E-state index is 0.449. The van der Waals surface area contributed by atoms with Crippen molar-refractivity contribution in [2.75, 3.05) is 0 Å². The number of hydrogen-bond donors (Lipinski definition) is 0. The van der Waals surface area contributed by atoms with Crippen LogP contribution in [0.1, 0.15) is 0 Å². The largest absolute Gasteiger partial charge is 0.235 e. The summed E-state index contributed by atoms with van der Waals surface area (Å²) in [7, 11) is 0. The molecule has 0 aliphatic rings. The highest BCUT2D eigenvalue weighted by molar-refractivity contribution is 14.1. The van der Waals surface area contributed by atoms with Crippen LogP contribution < -0.4 is 0 Å². The van der Waals surface area contributed by atoms with E-state index in [1.807, 2.05) is 6.07 Å². The first-order valence-corrected chi connectivity index (χ1v) is 9.80. The van der Waals surface area contributed by atoms with Crippen molar-refractivity contribution < 1.29 is 0 Å². The fraction of sp³-hybridized carbons (Fsp3) is 0. The zero-order chi connectivity index (χ0) is 16.6. The summed E-state index contributed by atoms with van der Waals surface area (Å²) in [6, 6.07) is 3.59. The maximum Gasteiger partial charge on any atom is 0.169 e. The van der Waals surface area contributed by atoms with Gasteiger partial charge in [-0.1, -0.05) is 11.6 Å². The summed E-state index contributed by atoms with van der Waals surface area (Å²) in [5, 5.41) is 8.66. The van der Waals surface area contributed by atoms with Crippen molar-refractivity contribution in [3.05, 3.63) is 53.1 Å². The number of imidazole rings is 2. The zero-order valence-corrected chi connectivity index (χ0v) is 18.6. The van der Waals surface area contributed by atoms with Crippen LogP contribution in [0.5, 0.6) is 0 Å². The molecule has 0 N–H and O–H groups in total. The highest BCUT2D eigenvalue weighted by Gasteiger charge is 2.06. The van der Waals surface area contributed by atoms with E-state index >= 15 is 0 Å². The van der Waals surface area contributed by atoms with E-state index < -0.39 is 0 Å². The first-order valence-electron chi connectivity index (χ1n) is 5.96. The molecule has 0 atom stereocenters. The van der Waals surface area contributed by atoms with Gasteiger partial charge in [-0.3, -0.25) is 0 Å². The van der Waals surface area contributed by atoms with Crippen molar-refractivity contribution in [3.63, 3.8) is 0 Å². The van der Waals surface area contributed by atoms with Gasteiger partial charge in [0.05, 0.1) is 15.1 Å². The Morgan fingerprint density at radius 2 is 1.74 bits per heavy atom. The van der Waals surface area contributed by atoms with Crippen LogP contribution in [0.4, 0.5) is 0 Å². The van der Waals surface area contributed by atoms with E-state index in [1.54, 1.807) is 33.7 Å². The lowest BCUT2D eigenvalue weighted by molar-refractivity contribution is 0.910. The standard InChI is InChI=1S/C6H3Br2N3.C6H2BrClIN3/c7-4-3-5(8)10-11-2-1-9-6(4)11;7-3-1-4(8)11-12-5(9)2-10-6(3)12/h1-3H;1-2H. The summed E-state index contributed by atoms with van der Waals surface area (Å²) in [4.78, 5) is 8.24. The second kappa shape index (κ2) is 7.30. The summed E-state index contributed by atoms with van der Waals surface area (Å²) in [6.07, 6.45) is 5.24. The highest BCUT2D eigenvalue weighted by atomic mass is 127. The molecular formula is C12H5Br3ClIN6. The van der Waals surface area contributed by atoms with Crippen LogP contribution in [0.3, 0.4) is 0 Å². The SMILES string of the molecule is Brc1cc(Br)c2nccn2n1.Clc1cc(Br)c2ncc(I)n2n1. The van der Waals surface area contributed by atoms with Crippen molar-refractivity contribution in [1.29, 1.82) is 0 Å². The third kappa shape index (κ3) is 3.86. The molecule has 11 heteroatoms. The van der Waals surface area contributed by atoms with Crippen LogP contribution in [0.25, 0.3) is 11.3 Å². The van der Waals surface area contributed by atoms with Gasteiger partial charge in [0.1, 0.15) is 8.30 Å². The van der Waals surface area contributed by atoms with Crippen LogP contribution in [-0.4, -0.2) is 29.2 Å². The zero-order valence-electron chi connectivity index (χ0n) is 11.0. The number of aromatic nitrogens is 6. The lowest BCUT2D eigenvalue weighted by Crippen LogP contribution is -1.94. The van der Waals surface area contributed by atoms with Crippen LogP contribution in [0.2, 0.25) is 5.15 Å². The molecule has 0 unspecified atom stereocenters. The summed E-state index contributed by atoms with van der Waals surface area (Å²) in [5.41, 5.74) is 1.61. The third-order valence-electron chi connectivity index (χ3n) is 2.64. The molecule has 4 rings (SSSR count). The molecule has 0 spiro atoms. The Morgan fingerprint density at radius 3 is 2.52 bits per heavy atom. The second-order valence-electron chi connectivity index (χ2n) is 4.14. The molecule has 0 saturated heterocycles. The molecule has 0 bridgehead atoms. The number of nitrogens with zero attached hydrogens (tertiary/aromatic N) is 6. The van der Waals surface area contributed by atoms with Gasteiger partial charge < -0.3 is 0 Å². The monoisotopic (exact) mass is 632 g/mol. The fourth-order valence-electron chi connectivity index (χ4n) is 1.73. The summed E-state index contributed by atoms with van der Waals surface area (Å²) >= 11 is 17.9. The van der Waals surface area contributed by atoms with E-state index in [9.17, 15) is 0 Å². The number of fused-ring (bicyclic) bond motifs is 2. The Bertz CT molecular complexity index is 1000. The molecule has 0 aromatic carbocycles. The second-order valence-corrected chi connectivity index (χ2v) is 8.16. The Labute approximate surface area is 174 Å². The van der Waals surface area contributed by atoms with Gasteiger partial charge in [0, 0.05) is 12.4 Å². The summed E-state index contributed by atoms with van der Waals surface area (Å²) in [6.45, 7) is 0. The number of rotatable bonds is 0. The van der Waals surface area contributed by atoms with Crippen molar-refractivity contribution in [2.24, 2.45) is 0 Å². The van der Waals surface area contributed by atoms with Crippen molar-refractivity contribution >= 4 is 93.3 Å². The molecule has 0 aliphatic carbocycles. The molecule has 0 amide bonds. The van der Waals surface area contributed by atoms with E-state index in [4.69, 9.17) is 11.6 Å². The average molecular weight is 635 g/mol. The van der Waals surface area contributed by atoms with Crippen LogP contribution >= 0.6 is 82.0 Å². The molecule has 0 fully saturated rings. The van der Waals surface area contributed by atoms with E-state index in [1.165, 1.54) is 0 Å². The molecule has 4 aromatic heterocycles. The van der Waals surface area contributed by atoms with Crippen LogP contribution in [0.15, 0.2) is 44.3 Å². The van der Waals surface area contributed by atoms with Gasteiger partial charge in [-0.2, -0.15) is 10.2 Å². The quantitative estimate of drug-likeness (QED) is 0.256. The van der Waals surface area contributed by atoms with Crippen molar-refractivity contribution in [3.8, 4) is 0 Å². The van der Waals surface area contributed by atoms with Gasteiger partial charge in [0.2, 0.25) is 0 Å². The van der Waals surface area contributed by atoms with E-state index in [0.717, 1.165) is 28.5 Å². The van der Waals surface area contributed by atoms with Gasteiger partial charge in [-0.05, 0) is 82.5 Å². The smallest absolute Gasteiger partial charge is 0.169 e. The maximum absolute atomic E-state index is 5.76. The predicted octanol–water partition coefficient (Wildman–Crippen LogP) is 5.00. The topological polar surface area (TPSA) is 60.4 Å². The normalized spacial score (nSPS) is 10.8. The van der Waals surface area contributed by atoms with Gasteiger partial charge in [0.15, 0.2) is 16.4 Å². The Balaban J connectivity index is 0.000000136. The molecule has 0 radical (unpaired) electrons. The molecule has 4 heterocycles. The minimum Gasteiger partial charge on any atom is -0.235 e. The first-order chi connectivity index (χ1) is 11.0. The third-order valence-corrected chi connectivity index (χ3v) is 5.11. The molecule has 118 valence electrons. The average Bonchev–Trinajstić information content (AvgIpc) is 3.07. The van der Waals surface area contributed by atoms with E-state index in [2.05, 4.69) is 90.5 Å². The molecule has 0 saturated carbocycles. The Morgan fingerprint density at radius 1 is 1.00 bits per heavy atom.